The standard InChI is InChI=1S/C23H18IN3O2S/c24-18-12-7-13-19(14-18)25-20(28)15-30-23-27-26-22(29-23)21(16-8-3-1-4-9-16)17-10-5-2-6-11-17/h1-14,21H,15H2,(H,25,28). The first kappa shape index (κ1) is 20.6. The van der Waals surface area contributed by atoms with E-state index in [1.807, 2.05) is 84.9 Å². The first-order valence-electron chi connectivity index (χ1n) is 9.30. The molecule has 1 N–H and O–H groups in total. The third kappa shape index (κ3) is 5.28. The van der Waals surface area contributed by atoms with E-state index in [1.165, 1.54) is 11.8 Å². The number of carbonyl (C=O) groups is 1. The van der Waals surface area contributed by atoms with Crippen LogP contribution in [0.25, 0.3) is 0 Å². The molecule has 4 rings (SSSR count). The van der Waals surface area contributed by atoms with Gasteiger partial charge < -0.3 is 9.73 Å². The minimum absolute atomic E-state index is 0.121. The zero-order valence-corrected chi connectivity index (χ0v) is 18.8. The molecular weight excluding hydrogens is 509 g/mol. The monoisotopic (exact) mass is 527 g/mol. The number of nitrogens with one attached hydrogen (secondary N) is 1. The summed E-state index contributed by atoms with van der Waals surface area (Å²) < 4.78 is 7.00. The Labute approximate surface area is 192 Å². The summed E-state index contributed by atoms with van der Waals surface area (Å²) in [7, 11) is 0. The van der Waals surface area contributed by atoms with E-state index < -0.39 is 0 Å². The molecule has 1 amide bonds. The lowest BCUT2D eigenvalue weighted by Gasteiger charge is -2.13. The van der Waals surface area contributed by atoms with Gasteiger partial charge in [-0.05, 0) is 51.9 Å². The van der Waals surface area contributed by atoms with Crippen LogP contribution in [-0.4, -0.2) is 21.9 Å². The van der Waals surface area contributed by atoms with Crippen LogP contribution >= 0.6 is 34.4 Å². The Morgan fingerprint density at radius 2 is 1.60 bits per heavy atom. The van der Waals surface area contributed by atoms with Crippen LogP contribution in [0.5, 0.6) is 0 Å². The summed E-state index contributed by atoms with van der Waals surface area (Å²) in [6.07, 6.45) is 0. The number of halogens is 1. The molecule has 0 spiro atoms. The highest BCUT2D eigenvalue weighted by atomic mass is 127. The van der Waals surface area contributed by atoms with Gasteiger partial charge in [0.1, 0.15) is 0 Å². The largest absolute Gasteiger partial charge is 0.415 e. The zero-order valence-electron chi connectivity index (χ0n) is 15.9. The SMILES string of the molecule is O=C(CSc1nnc(C(c2ccccc2)c2ccccc2)o1)Nc1cccc(I)c1. The molecule has 0 aliphatic rings. The number of aromatic nitrogens is 2. The van der Waals surface area contributed by atoms with Crippen LogP contribution in [0, 0.1) is 3.57 Å². The van der Waals surface area contributed by atoms with Crippen molar-refractivity contribution in [2.75, 3.05) is 11.1 Å². The number of rotatable bonds is 7. The summed E-state index contributed by atoms with van der Waals surface area (Å²) >= 11 is 3.44. The third-order valence-electron chi connectivity index (χ3n) is 4.37. The van der Waals surface area contributed by atoms with E-state index in [2.05, 4.69) is 38.1 Å². The molecule has 0 atom stereocenters. The smallest absolute Gasteiger partial charge is 0.277 e. The Balaban J connectivity index is 1.47. The molecule has 1 aromatic heterocycles. The molecule has 0 aliphatic carbocycles. The van der Waals surface area contributed by atoms with E-state index in [9.17, 15) is 4.79 Å². The summed E-state index contributed by atoms with van der Waals surface area (Å²) in [6, 6.07) is 27.8. The topological polar surface area (TPSA) is 68.0 Å². The summed E-state index contributed by atoms with van der Waals surface area (Å²) in [5, 5.41) is 11.7. The number of hydrogen-bond donors (Lipinski definition) is 1. The van der Waals surface area contributed by atoms with E-state index in [4.69, 9.17) is 4.42 Å². The van der Waals surface area contributed by atoms with Crippen molar-refractivity contribution in [1.29, 1.82) is 0 Å². The maximum atomic E-state index is 12.3. The van der Waals surface area contributed by atoms with Gasteiger partial charge in [-0.2, -0.15) is 0 Å². The molecule has 0 fully saturated rings. The van der Waals surface area contributed by atoms with Crippen molar-refractivity contribution in [3.63, 3.8) is 0 Å². The molecule has 4 aromatic rings. The second-order valence-corrected chi connectivity index (χ2v) is 8.68. The second kappa shape index (κ2) is 9.90. The fourth-order valence-electron chi connectivity index (χ4n) is 3.05. The van der Waals surface area contributed by atoms with Gasteiger partial charge in [-0.15, -0.1) is 10.2 Å². The van der Waals surface area contributed by atoms with Gasteiger partial charge in [0, 0.05) is 9.26 Å². The van der Waals surface area contributed by atoms with Crippen LogP contribution in [0.3, 0.4) is 0 Å². The van der Waals surface area contributed by atoms with E-state index in [0.29, 0.717) is 11.1 Å². The number of hydrogen-bond acceptors (Lipinski definition) is 5. The minimum atomic E-state index is -0.158. The second-order valence-electron chi connectivity index (χ2n) is 6.51. The van der Waals surface area contributed by atoms with E-state index in [-0.39, 0.29) is 17.6 Å². The summed E-state index contributed by atoms with van der Waals surface area (Å²) in [6.45, 7) is 0. The molecule has 0 saturated carbocycles. The fraction of sp³-hybridized carbons (Fsp3) is 0.0870. The Bertz CT molecular complexity index is 1080. The first-order chi connectivity index (χ1) is 14.7. The van der Waals surface area contributed by atoms with E-state index in [0.717, 1.165) is 20.4 Å². The molecule has 30 heavy (non-hydrogen) atoms. The molecule has 0 unspecified atom stereocenters. The summed E-state index contributed by atoms with van der Waals surface area (Å²) in [5.41, 5.74) is 2.91. The highest BCUT2D eigenvalue weighted by Gasteiger charge is 2.23. The molecule has 150 valence electrons. The fourth-order valence-corrected chi connectivity index (χ4v) is 4.17. The molecule has 5 nitrogen and oxygen atoms in total. The van der Waals surface area contributed by atoms with E-state index in [1.54, 1.807) is 0 Å². The lowest BCUT2D eigenvalue weighted by molar-refractivity contribution is -0.113. The van der Waals surface area contributed by atoms with Crippen LogP contribution in [0.15, 0.2) is 94.6 Å². The highest BCUT2D eigenvalue weighted by molar-refractivity contribution is 14.1. The lowest BCUT2D eigenvalue weighted by Crippen LogP contribution is -2.14. The normalized spacial score (nSPS) is 10.9. The average Bonchev–Trinajstić information content (AvgIpc) is 3.23. The van der Waals surface area contributed by atoms with Gasteiger partial charge >= 0.3 is 0 Å². The van der Waals surface area contributed by atoms with Crippen molar-refractivity contribution >= 4 is 45.9 Å². The number of carbonyl (C=O) groups excluding carboxylic acids is 1. The van der Waals surface area contributed by atoms with Gasteiger partial charge in [0.15, 0.2) is 0 Å². The first-order valence-corrected chi connectivity index (χ1v) is 11.4. The molecule has 0 saturated heterocycles. The average molecular weight is 527 g/mol. The number of benzene rings is 3. The van der Waals surface area contributed by atoms with Gasteiger partial charge in [-0.25, -0.2) is 0 Å². The molecule has 1 heterocycles. The van der Waals surface area contributed by atoms with Crippen LogP contribution in [0.2, 0.25) is 0 Å². The van der Waals surface area contributed by atoms with Crippen molar-refractivity contribution < 1.29 is 9.21 Å². The van der Waals surface area contributed by atoms with Gasteiger partial charge in [0.2, 0.25) is 11.8 Å². The number of thioether (sulfide) groups is 1. The molecule has 7 heteroatoms. The maximum absolute atomic E-state index is 12.3. The van der Waals surface area contributed by atoms with Crippen LogP contribution < -0.4 is 5.32 Å². The Morgan fingerprint density at radius 3 is 2.23 bits per heavy atom. The molecule has 0 aliphatic heterocycles. The third-order valence-corrected chi connectivity index (χ3v) is 5.86. The summed E-state index contributed by atoms with van der Waals surface area (Å²) in [5.74, 6) is 0.417. The number of amides is 1. The number of anilines is 1. The van der Waals surface area contributed by atoms with Gasteiger partial charge in [0.05, 0.1) is 11.7 Å². The quantitative estimate of drug-likeness (QED) is 0.251. The van der Waals surface area contributed by atoms with Gasteiger partial charge in [-0.1, -0.05) is 78.5 Å². The van der Waals surface area contributed by atoms with Crippen LogP contribution in [-0.2, 0) is 4.79 Å². The van der Waals surface area contributed by atoms with Crippen molar-refractivity contribution in [1.82, 2.24) is 10.2 Å². The van der Waals surface area contributed by atoms with Crippen molar-refractivity contribution in [2.24, 2.45) is 0 Å². The molecule has 3 aromatic carbocycles. The molecule has 0 radical (unpaired) electrons. The highest BCUT2D eigenvalue weighted by Crippen LogP contribution is 2.32. The maximum Gasteiger partial charge on any atom is 0.277 e. The number of nitrogens with zero attached hydrogens (tertiary/aromatic N) is 2. The van der Waals surface area contributed by atoms with Crippen LogP contribution in [0.1, 0.15) is 22.9 Å². The van der Waals surface area contributed by atoms with E-state index >= 15 is 0 Å². The Hall–Kier alpha value is -2.65. The Morgan fingerprint density at radius 1 is 0.933 bits per heavy atom. The van der Waals surface area contributed by atoms with Crippen LogP contribution in [0.4, 0.5) is 5.69 Å². The predicted molar refractivity (Wildman–Crippen MR) is 127 cm³/mol. The Kier molecular flexibility index (Phi) is 6.81. The molecular formula is C23H18IN3O2S. The van der Waals surface area contributed by atoms with Gasteiger partial charge in [-0.3, -0.25) is 4.79 Å². The zero-order chi connectivity index (χ0) is 20.8. The minimum Gasteiger partial charge on any atom is -0.415 e. The van der Waals surface area contributed by atoms with Crippen molar-refractivity contribution in [2.45, 2.75) is 11.1 Å². The van der Waals surface area contributed by atoms with Crippen molar-refractivity contribution in [3.05, 3.63) is 106 Å². The summed E-state index contributed by atoms with van der Waals surface area (Å²) in [4.78, 5) is 12.3. The van der Waals surface area contributed by atoms with Gasteiger partial charge in [0.25, 0.3) is 5.22 Å². The predicted octanol–water partition coefficient (Wildman–Crippen LogP) is 5.59. The lowest BCUT2D eigenvalue weighted by atomic mass is 9.91. The molecule has 0 bridgehead atoms. The van der Waals surface area contributed by atoms with Crippen molar-refractivity contribution in [3.8, 4) is 0 Å².